The molecule has 122 valence electrons. The summed E-state index contributed by atoms with van der Waals surface area (Å²) in [6.07, 6.45) is 3.61. The van der Waals surface area contributed by atoms with Gasteiger partial charge in [0.1, 0.15) is 0 Å². The van der Waals surface area contributed by atoms with Crippen LogP contribution in [0, 0.1) is 0 Å². The molecule has 3 rings (SSSR count). The molecule has 2 aromatic rings. The third-order valence-electron chi connectivity index (χ3n) is 4.08. The second kappa shape index (κ2) is 6.91. The predicted octanol–water partition coefficient (Wildman–Crippen LogP) is 2.50. The van der Waals surface area contributed by atoms with Crippen LogP contribution in [0.25, 0.3) is 11.5 Å². The molecule has 0 bridgehead atoms. The lowest BCUT2D eigenvalue weighted by Crippen LogP contribution is -2.35. The molecule has 0 aliphatic heterocycles. The van der Waals surface area contributed by atoms with Crippen LogP contribution >= 0.6 is 0 Å². The number of amides is 1. The van der Waals surface area contributed by atoms with E-state index < -0.39 is 0 Å². The molecule has 1 unspecified atom stereocenters. The van der Waals surface area contributed by atoms with E-state index in [1.165, 1.54) is 0 Å². The summed E-state index contributed by atoms with van der Waals surface area (Å²) < 4.78 is 5.28. The first-order valence-corrected chi connectivity index (χ1v) is 8.07. The van der Waals surface area contributed by atoms with Crippen molar-refractivity contribution in [1.29, 1.82) is 0 Å². The smallest absolute Gasteiger partial charge is 0.257 e. The molecule has 0 spiro atoms. The Morgan fingerprint density at radius 1 is 1.39 bits per heavy atom. The van der Waals surface area contributed by atoms with Crippen LogP contribution in [0.15, 0.2) is 28.8 Å². The third-order valence-corrected chi connectivity index (χ3v) is 4.08. The van der Waals surface area contributed by atoms with Crippen LogP contribution in [-0.4, -0.2) is 33.8 Å². The minimum absolute atomic E-state index is 0.00998. The molecule has 23 heavy (non-hydrogen) atoms. The summed E-state index contributed by atoms with van der Waals surface area (Å²) in [5.41, 5.74) is 1.38. The highest BCUT2D eigenvalue weighted by Crippen LogP contribution is 2.38. The molecule has 6 heteroatoms. The number of benzene rings is 1. The van der Waals surface area contributed by atoms with Gasteiger partial charge in [-0.2, -0.15) is 4.98 Å². The molecule has 1 saturated carbocycles. The number of nitrogens with one attached hydrogen (secondary N) is 1. The van der Waals surface area contributed by atoms with E-state index in [0.29, 0.717) is 23.8 Å². The lowest BCUT2D eigenvalue weighted by Gasteiger charge is -2.15. The Balaban J connectivity index is 1.67. The van der Waals surface area contributed by atoms with E-state index in [9.17, 15) is 4.79 Å². The van der Waals surface area contributed by atoms with Crippen molar-refractivity contribution in [3.8, 4) is 11.5 Å². The van der Waals surface area contributed by atoms with Gasteiger partial charge in [-0.3, -0.25) is 4.79 Å². The highest BCUT2D eigenvalue weighted by molar-refractivity contribution is 5.94. The highest BCUT2D eigenvalue weighted by atomic mass is 16.5. The van der Waals surface area contributed by atoms with Crippen molar-refractivity contribution >= 4 is 5.91 Å². The molecule has 1 heterocycles. The third kappa shape index (κ3) is 3.76. The molecule has 0 saturated heterocycles. The Hall–Kier alpha value is -2.21. The number of hydrogen-bond acceptors (Lipinski definition) is 5. The molecule has 1 aliphatic rings. The highest BCUT2D eigenvalue weighted by Gasteiger charge is 2.29. The minimum Gasteiger partial charge on any atom is -0.396 e. The molecule has 2 N–H and O–H groups in total. The summed E-state index contributed by atoms with van der Waals surface area (Å²) in [6.45, 7) is 2.05. The average molecular weight is 315 g/mol. The zero-order valence-electron chi connectivity index (χ0n) is 13.2. The Bertz CT molecular complexity index is 662. The number of aliphatic hydroxyl groups is 1. The van der Waals surface area contributed by atoms with E-state index in [4.69, 9.17) is 9.63 Å². The molecule has 1 aliphatic carbocycles. The van der Waals surface area contributed by atoms with Crippen LogP contribution in [0.2, 0.25) is 0 Å². The van der Waals surface area contributed by atoms with Crippen LogP contribution in [0.3, 0.4) is 0 Å². The fourth-order valence-electron chi connectivity index (χ4n) is 2.43. The van der Waals surface area contributed by atoms with Crippen molar-refractivity contribution < 1.29 is 14.4 Å². The Labute approximate surface area is 134 Å². The van der Waals surface area contributed by atoms with Gasteiger partial charge >= 0.3 is 0 Å². The van der Waals surface area contributed by atoms with Crippen LogP contribution in [0.5, 0.6) is 0 Å². The molecule has 1 fully saturated rings. The van der Waals surface area contributed by atoms with E-state index in [-0.39, 0.29) is 18.6 Å². The topological polar surface area (TPSA) is 88.2 Å². The minimum atomic E-state index is -0.138. The normalized spacial score (nSPS) is 15.4. The monoisotopic (exact) mass is 315 g/mol. The van der Waals surface area contributed by atoms with E-state index in [1.807, 2.05) is 19.1 Å². The summed E-state index contributed by atoms with van der Waals surface area (Å²) in [4.78, 5) is 16.6. The summed E-state index contributed by atoms with van der Waals surface area (Å²) in [7, 11) is 0. The standard InChI is InChI=1S/C17H21N3O3/c1-2-14(9-10-21)18-16(22)12-5-7-13(8-6-12)17-19-15(20-23-17)11-3-4-11/h5-8,11,14,21H,2-4,9-10H2,1H3,(H,18,22). The molecule has 0 radical (unpaired) electrons. The van der Waals surface area contributed by atoms with Crippen molar-refractivity contribution in [3.63, 3.8) is 0 Å². The number of aliphatic hydroxyl groups excluding tert-OH is 1. The Morgan fingerprint density at radius 3 is 2.74 bits per heavy atom. The molecule has 6 nitrogen and oxygen atoms in total. The van der Waals surface area contributed by atoms with E-state index in [2.05, 4.69) is 15.5 Å². The number of hydrogen-bond donors (Lipinski definition) is 2. The number of carbonyl (C=O) groups excluding carboxylic acids is 1. The number of rotatable bonds is 7. The first kappa shape index (κ1) is 15.7. The van der Waals surface area contributed by atoms with Crippen molar-refractivity contribution in [1.82, 2.24) is 15.5 Å². The van der Waals surface area contributed by atoms with Gasteiger partial charge in [0.15, 0.2) is 5.82 Å². The van der Waals surface area contributed by atoms with Crippen LogP contribution < -0.4 is 5.32 Å². The maximum atomic E-state index is 12.2. The fourth-order valence-corrected chi connectivity index (χ4v) is 2.43. The van der Waals surface area contributed by atoms with Crippen LogP contribution in [0.4, 0.5) is 0 Å². The van der Waals surface area contributed by atoms with E-state index in [1.54, 1.807) is 12.1 Å². The molecule has 1 amide bonds. The van der Waals surface area contributed by atoms with Crippen molar-refractivity contribution in [2.45, 2.75) is 44.6 Å². The second-order valence-corrected chi connectivity index (χ2v) is 5.90. The molecular formula is C17H21N3O3. The van der Waals surface area contributed by atoms with Gasteiger partial charge in [-0.05, 0) is 49.9 Å². The molecule has 1 aromatic carbocycles. The SMILES string of the molecule is CCC(CCO)NC(=O)c1ccc(-c2nc(C3CC3)no2)cc1. The summed E-state index contributed by atoms with van der Waals surface area (Å²) in [5.74, 6) is 1.58. The molecule has 1 aromatic heterocycles. The quantitative estimate of drug-likeness (QED) is 0.819. The van der Waals surface area contributed by atoms with Crippen molar-refractivity contribution in [2.75, 3.05) is 6.61 Å². The average Bonchev–Trinajstić information content (AvgIpc) is 3.31. The van der Waals surface area contributed by atoms with Gasteiger partial charge in [0, 0.05) is 29.7 Å². The first-order chi connectivity index (χ1) is 11.2. The summed E-state index contributed by atoms with van der Waals surface area (Å²) >= 11 is 0. The van der Waals surface area contributed by atoms with Crippen LogP contribution in [-0.2, 0) is 0 Å². The second-order valence-electron chi connectivity index (χ2n) is 5.90. The lowest BCUT2D eigenvalue weighted by molar-refractivity contribution is 0.0929. The molecule has 1 atom stereocenters. The lowest BCUT2D eigenvalue weighted by atomic mass is 10.1. The maximum Gasteiger partial charge on any atom is 0.257 e. The zero-order chi connectivity index (χ0) is 16.2. The van der Waals surface area contributed by atoms with E-state index in [0.717, 1.165) is 30.7 Å². The van der Waals surface area contributed by atoms with Gasteiger partial charge in [0.25, 0.3) is 11.8 Å². The fraction of sp³-hybridized carbons (Fsp3) is 0.471. The maximum absolute atomic E-state index is 12.2. The zero-order valence-corrected chi connectivity index (χ0v) is 13.2. The van der Waals surface area contributed by atoms with Gasteiger partial charge < -0.3 is 14.9 Å². The van der Waals surface area contributed by atoms with Crippen molar-refractivity contribution in [2.24, 2.45) is 0 Å². The number of carbonyl (C=O) groups is 1. The number of nitrogens with zero attached hydrogens (tertiary/aromatic N) is 2. The van der Waals surface area contributed by atoms with Crippen LogP contribution in [0.1, 0.15) is 54.7 Å². The Kier molecular flexibility index (Phi) is 4.71. The van der Waals surface area contributed by atoms with Gasteiger partial charge in [0.2, 0.25) is 0 Å². The number of aromatic nitrogens is 2. The Morgan fingerprint density at radius 2 is 2.13 bits per heavy atom. The van der Waals surface area contributed by atoms with E-state index >= 15 is 0 Å². The van der Waals surface area contributed by atoms with Crippen molar-refractivity contribution in [3.05, 3.63) is 35.7 Å². The summed E-state index contributed by atoms with van der Waals surface area (Å²) in [6, 6.07) is 7.11. The first-order valence-electron chi connectivity index (χ1n) is 8.07. The molecular weight excluding hydrogens is 294 g/mol. The van der Waals surface area contributed by atoms with Gasteiger partial charge in [-0.1, -0.05) is 12.1 Å². The predicted molar refractivity (Wildman–Crippen MR) is 85.0 cm³/mol. The summed E-state index contributed by atoms with van der Waals surface area (Å²) in [5, 5.41) is 15.9. The van der Waals surface area contributed by atoms with Gasteiger partial charge in [-0.15, -0.1) is 0 Å². The van der Waals surface area contributed by atoms with Gasteiger partial charge in [0.05, 0.1) is 0 Å². The van der Waals surface area contributed by atoms with Gasteiger partial charge in [-0.25, -0.2) is 0 Å². The largest absolute Gasteiger partial charge is 0.396 e.